The predicted molar refractivity (Wildman–Crippen MR) is 78.0 cm³/mol. The minimum atomic E-state index is 0.611. The van der Waals surface area contributed by atoms with Crippen LogP contribution in [0, 0.1) is 0 Å². The third-order valence-electron chi connectivity index (χ3n) is 2.27. The Morgan fingerprint density at radius 1 is 1.17 bits per heavy atom. The van der Waals surface area contributed by atoms with Gasteiger partial charge < -0.3 is 10.1 Å². The first kappa shape index (κ1) is 13.7. The fraction of sp³-hybridized carbons (Fsp3) is 0.231. The molecule has 0 bridgehead atoms. The van der Waals surface area contributed by atoms with E-state index in [9.17, 15) is 0 Å². The molecule has 18 heavy (non-hydrogen) atoms. The Balaban J connectivity index is 1.64. The minimum Gasteiger partial charge on any atom is -0.492 e. The topological polar surface area (TPSA) is 21.3 Å². The lowest BCUT2D eigenvalue weighted by atomic mass is 10.3. The van der Waals surface area contributed by atoms with Crippen LogP contribution in [0.4, 0.5) is 0 Å². The molecule has 0 radical (unpaired) electrons. The minimum absolute atomic E-state index is 0.611. The second-order valence-corrected chi connectivity index (χ2v) is 5.92. The van der Waals surface area contributed by atoms with Crippen molar-refractivity contribution in [2.45, 2.75) is 6.54 Å². The zero-order valence-corrected chi connectivity index (χ0v) is 12.0. The molecule has 0 aliphatic heterocycles. The number of benzene rings is 1. The van der Waals surface area contributed by atoms with Crippen LogP contribution in [0.25, 0.3) is 0 Å². The summed E-state index contributed by atoms with van der Waals surface area (Å²) in [6.45, 7) is 2.21. The van der Waals surface area contributed by atoms with Crippen LogP contribution in [0.3, 0.4) is 0 Å². The number of nitrogens with one attached hydrogen (secondary N) is 1. The number of thiophene rings is 1. The highest BCUT2D eigenvalue weighted by molar-refractivity contribution is 7.16. The fourth-order valence-electron chi connectivity index (χ4n) is 1.46. The van der Waals surface area contributed by atoms with E-state index in [0.717, 1.165) is 23.2 Å². The third kappa shape index (κ3) is 4.50. The van der Waals surface area contributed by atoms with Crippen LogP contribution < -0.4 is 10.1 Å². The summed E-state index contributed by atoms with van der Waals surface area (Å²) in [6, 6.07) is 11.3. The average molecular weight is 302 g/mol. The van der Waals surface area contributed by atoms with Crippen molar-refractivity contribution in [3.63, 3.8) is 0 Å². The molecule has 96 valence electrons. The van der Waals surface area contributed by atoms with Crippen molar-refractivity contribution in [1.82, 2.24) is 5.32 Å². The molecule has 0 spiro atoms. The molecule has 0 fully saturated rings. The summed E-state index contributed by atoms with van der Waals surface area (Å²) in [5, 5.41) is 3.98. The van der Waals surface area contributed by atoms with E-state index in [1.807, 2.05) is 30.3 Å². The van der Waals surface area contributed by atoms with E-state index < -0.39 is 0 Å². The first-order valence-electron chi connectivity index (χ1n) is 5.57. The molecule has 0 atom stereocenters. The van der Waals surface area contributed by atoms with Gasteiger partial charge in [0.25, 0.3) is 0 Å². The fourth-order valence-corrected chi connectivity index (χ4v) is 2.69. The number of hydrogen-bond donors (Lipinski definition) is 1. The Kier molecular flexibility index (Phi) is 5.32. The van der Waals surface area contributed by atoms with E-state index in [-0.39, 0.29) is 0 Å². The van der Waals surface area contributed by atoms with Crippen molar-refractivity contribution >= 4 is 34.5 Å². The molecule has 5 heteroatoms. The molecule has 2 rings (SSSR count). The van der Waals surface area contributed by atoms with Crippen LogP contribution in [-0.4, -0.2) is 13.2 Å². The first-order valence-corrected chi connectivity index (χ1v) is 7.14. The molecule has 0 aliphatic rings. The summed E-state index contributed by atoms with van der Waals surface area (Å²) >= 11 is 13.3. The summed E-state index contributed by atoms with van der Waals surface area (Å²) in [4.78, 5) is 1.22. The van der Waals surface area contributed by atoms with Crippen molar-refractivity contribution in [2.75, 3.05) is 13.2 Å². The molecular weight excluding hydrogens is 289 g/mol. The molecule has 2 nitrogen and oxygen atoms in total. The van der Waals surface area contributed by atoms with Gasteiger partial charge in [-0.1, -0.05) is 29.3 Å². The van der Waals surface area contributed by atoms with Gasteiger partial charge in [0, 0.05) is 23.0 Å². The van der Waals surface area contributed by atoms with Gasteiger partial charge >= 0.3 is 0 Å². The van der Waals surface area contributed by atoms with Crippen molar-refractivity contribution in [3.05, 3.63) is 50.6 Å². The van der Waals surface area contributed by atoms with Crippen molar-refractivity contribution < 1.29 is 4.74 Å². The van der Waals surface area contributed by atoms with Crippen LogP contribution in [-0.2, 0) is 6.54 Å². The van der Waals surface area contributed by atoms with Crippen LogP contribution in [0.1, 0.15) is 4.88 Å². The average Bonchev–Trinajstić information content (AvgIpc) is 2.75. The van der Waals surface area contributed by atoms with Crippen LogP contribution >= 0.6 is 34.5 Å². The Hall–Kier alpha value is -0.740. The maximum Gasteiger partial charge on any atom is 0.120 e. The molecule has 0 saturated carbocycles. The number of halogens is 2. The number of rotatable bonds is 6. The van der Waals surface area contributed by atoms with Gasteiger partial charge in [-0.05, 0) is 30.3 Å². The summed E-state index contributed by atoms with van der Waals surface area (Å²) in [5.41, 5.74) is 0. The van der Waals surface area contributed by atoms with Gasteiger partial charge in [-0.25, -0.2) is 0 Å². The van der Waals surface area contributed by atoms with E-state index in [1.165, 1.54) is 4.88 Å². The van der Waals surface area contributed by atoms with Gasteiger partial charge in [0.2, 0.25) is 0 Å². The standard InChI is InChI=1S/C13H13Cl2NOS/c14-10-2-1-3-11(8-10)17-7-6-16-9-12-4-5-13(15)18-12/h1-5,8,16H,6-7,9H2. The van der Waals surface area contributed by atoms with Gasteiger partial charge in [0.15, 0.2) is 0 Å². The maximum absolute atomic E-state index is 5.86. The van der Waals surface area contributed by atoms with Crippen molar-refractivity contribution in [3.8, 4) is 5.75 Å². The Morgan fingerprint density at radius 2 is 2.06 bits per heavy atom. The molecule has 1 N–H and O–H groups in total. The number of hydrogen-bond acceptors (Lipinski definition) is 3. The molecule has 0 aliphatic carbocycles. The Labute approximate surface area is 120 Å². The zero-order valence-electron chi connectivity index (χ0n) is 9.66. The Morgan fingerprint density at radius 3 is 2.78 bits per heavy atom. The molecule has 1 heterocycles. The molecule has 0 unspecified atom stereocenters. The molecule has 0 saturated heterocycles. The molecule has 1 aromatic carbocycles. The lowest BCUT2D eigenvalue weighted by Gasteiger charge is -2.07. The van der Waals surface area contributed by atoms with E-state index in [1.54, 1.807) is 17.4 Å². The summed E-state index contributed by atoms with van der Waals surface area (Å²) < 4.78 is 6.38. The van der Waals surface area contributed by atoms with E-state index in [4.69, 9.17) is 27.9 Å². The van der Waals surface area contributed by atoms with E-state index in [2.05, 4.69) is 5.32 Å². The smallest absolute Gasteiger partial charge is 0.120 e. The molecular formula is C13H13Cl2NOS. The lowest BCUT2D eigenvalue weighted by molar-refractivity contribution is 0.314. The monoisotopic (exact) mass is 301 g/mol. The van der Waals surface area contributed by atoms with Gasteiger partial charge in [-0.3, -0.25) is 0 Å². The third-order valence-corrected chi connectivity index (χ3v) is 3.74. The lowest BCUT2D eigenvalue weighted by Crippen LogP contribution is -2.20. The largest absolute Gasteiger partial charge is 0.492 e. The normalized spacial score (nSPS) is 10.6. The highest BCUT2D eigenvalue weighted by atomic mass is 35.5. The van der Waals surface area contributed by atoms with Crippen LogP contribution in [0.15, 0.2) is 36.4 Å². The molecule has 1 aromatic heterocycles. The van der Waals surface area contributed by atoms with E-state index >= 15 is 0 Å². The quantitative estimate of drug-likeness (QED) is 0.807. The van der Waals surface area contributed by atoms with Crippen molar-refractivity contribution in [2.24, 2.45) is 0 Å². The van der Waals surface area contributed by atoms with Gasteiger partial charge in [0.1, 0.15) is 12.4 Å². The van der Waals surface area contributed by atoms with Crippen molar-refractivity contribution in [1.29, 1.82) is 0 Å². The molecule has 0 amide bonds. The second-order valence-electron chi connectivity index (χ2n) is 3.69. The first-order chi connectivity index (χ1) is 8.74. The second kappa shape index (κ2) is 7.00. The maximum atomic E-state index is 5.86. The predicted octanol–water partition coefficient (Wildman–Crippen LogP) is 4.22. The van der Waals surface area contributed by atoms with Gasteiger partial charge in [0.05, 0.1) is 4.34 Å². The highest BCUT2D eigenvalue weighted by Crippen LogP contribution is 2.21. The summed E-state index contributed by atoms with van der Waals surface area (Å²) in [6.07, 6.45) is 0. The van der Waals surface area contributed by atoms with Gasteiger partial charge in [-0.2, -0.15) is 0 Å². The molecule has 2 aromatic rings. The van der Waals surface area contributed by atoms with Crippen LogP contribution in [0.2, 0.25) is 9.36 Å². The Bertz CT molecular complexity index is 501. The zero-order chi connectivity index (χ0) is 12.8. The summed E-state index contributed by atoms with van der Waals surface area (Å²) in [5.74, 6) is 0.795. The number of ether oxygens (including phenoxy) is 1. The van der Waals surface area contributed by atoms with E-state index in [0.29, 0.717) is 11.6 Å². The highest BCUT2D eigenvalue weighted by Gasteiger charge is 1.98. The summed E-state index contributed by atoms with van der Waals surface area (Å²) in [7, 11) is 0. The van der Waals surface area contributed by atoms with Crippen LogP contribution in [0.5, 0.6) is 5.75 Å². The van der Waals surface area contributed by atoms with Gasteiger partial charge in [-0.15, -0.1) is 11.3 Å². The SMILES string of the molecule is Clc1cccc(OCCNCc2ccc(Cl)s2)c1.